The molecule has 1 aliphatic heterocycles. The van der Waals surface area contributed by atoms with Crippen molar-refractivity contribution in [2.45, 2.75) is 45.2 Å². The predicted octanol–water partition coefficient (Wildman–Crippen LogP) is 2.52. The van der Waals surface area contributed by atoms with E-state index < -0.39 is 11.7 Å². The van der Waals surface area contributed by atoms with E-state index >= 15 is 0 Å². The molecule has 5 nitrogen and oxygen atoms in total. The number of carbonyl (C=O) groups excluding carboxylic acids is 1. The Balaban J connectivity index is 2.17. The minimum Gasteiger partial charge on any atom is -0.366 e. The Kier molecular flexibility index (Phi) is 3.44. The highest BCUT2D eigenvalue weighted by Gasteiger charge is 2.42. The van der Waals surface area contributed by atoms with Gasteiger partial charge in [-0.2, -0.15) is 0 Å². The molecule has 1 aromatic heterocycles. The number of likely N-dealkylation sites (tertiary alicyclic amines) is 1. The zero-order valence-electron chi connectivity index (χ0n) is 13.1. The number of nitrogens with zero attached hydrogens (tertiary/aromatic N) is 2. The van der Waals surface area contributed by atoms with Crippen LogP contribution in [0.15, 0.2) is 12.1 Å². The fourth-order valence-electron chi connectivity index (χ4n) is 3.59. The Morgan fingerprint density at radius 2 is 2.23 bits per heavy atom. The Morgan fingerprint density at radius 3 is 2.86 bits per heavy atom. The lowest BCUT2D eigenvalue weighted by atomic mass is 9.97. The highest BCUT2D eigenvalue weighted by molar-refractivity contribution is 6.04. The van der Waals surface area contributed by atoms with Crippen LogP contribution >= 0.6 is 0 Å². The maximum atomic E-state index is 13.7. The molecule has 0 saturated carbocycles. The van der Waals surface area contributed by atoms with Crippen LogP contribution in [0.1, 0.15) is 49.8 Å². The molecule has 118 valence electrons. The first-order valence-electron chi connectivity index (χ1n) is 7.59. The van der Waals surface area contributed by atoms with Gasteiger partial charge in [-0.15, -0.1) is 0 Å². The summed E-state index contributed by atoms with van der Waals surface area (Å²) in [5, 5.41) is 0. The second kappa shape index (κ2) is 5.05. The molecule has 0 radical (unpaired) electrons. The maximum Gasteiger partial charge on any atom is 0.251 e. The fourth-order valence-corrected chi connectivity index (χ4v) is 3.59. The number of imidazole rings is 1. The zero-order valence-corrected chi connectivity index (χ0v) is 13.1. The van der Waals surface area contributed by atoms with E-state index in [2.05, 4.69) is 35.6 Å². The lowest BCUT2D eigenvalue weighted by Crippen LogP contribution is -2.43. The summed E-state index contributed by atoms with van der Waals surface area (Å²) >= 11 is 0. The van der Waals surface area contributed by atoms with Crippen molar-refractivity contribution < 1.29 is 9.18 Å². The van der Waals surface area contributed by atoms with Crippen LogP contribution in [0.2, 0.25) is 0 Å². The molecule has 1 saturated heterocycles. The van der Waals surface area contributed by atoms with Crippen molar-refractivity contribution in [2.24, 2.45) is 5.73 Å². The highest BCUT2D eigenvalue weighted by Crippen LogP contribution is 2.39. The van der Waals surface area contributed by atoms with Gasteiger partial charge < -0.3 is 10.7 Å². The van der Waals surface area contributed by atoms with E-state index in [1.807, 2.05) is 0 Å². The molecule has 2 heterocycles. The Bertz CT molecular complexity index is 739. The summed E-state index contributed by atoms with van der Waals surface area (Å²) in [6.45, 7) is 7.45. The van der Waals surface area contributed by atoms with Gasteiger partial charge in [-0.3, -0.25) is 9.69 Å². The van der Waals surface area contributed by atoms with Gasteiger partial charge in [0, 0.05) is 6.04 Å². The summed E-state index contributed by atoms with van der Waals surface area (Å²) in [5.41, 5.74) is 6.19. The number of aromatic amines is 1. The quantitative estimate of drug-likeness (QED) is 0.915. The van der Waals surface area contributed by atoms with E-state index in [1.54, 1.807) is 0 Å². The first kappa shape index (κ1) is 15.0. The number of carbonyl (C=O) groups is 1. The molecule has 1 unspecified atom stereocenters. The van der Waals surface area contributed by atoms with Crippen molar-refractivity contribution in [3.05, 3.63) is 29.3 Å². The molecule has 1 aromatic carbocycles. The zero-order chi connectivity index (χ0) is 16.1. The molecule has 3 N–H and O–H groups in total. The summed E-state index contributed by atoms with van der Waals surface area (Å²) in [4.78, 5) is 21.7. The number of hydrogen-bond donors (Lipinski definition) is 2. The Morgan fingerprint density at radius 1 is 1.50 bits per heavy atom. The van der Waals surface area contributed by atoms with E-state index in [0.717, 1.165) is 31.3 Å². The van der Waals surface area contributed by atoms with E-state index in [0.29, 0.717) is 17.1 Å². The number of rotatable bonds is 3. The molecular weight excluding hydrogens is 283 g/mol. The summed E-state index contributed by atoms with van der Waals surface area (Å²) < 4.78 is 13.7. The molecule has 1 amide bonds. The van der Waals surface area contributed by atoms with Crippen LogP contribution < -0.4 is 5.73 Å². The molecule has 22 heavy (non-hydrogen) atoms. The first-order chi connectivity index (χ1) is 10.3. The third-order valence-electron chi connectivity index (χ3n) is 4.65. The van der Waals surface area contributed by atoms with Crippen molar-refractivity contribution in [1.29, 1.82) is 0 Å². The van der Waals surface area contributed by atoms with Crippen LogP contribution in [0.4, 0.5) is 4.39 Å². The number of halogens is 1. The summed E-state index contributed by atoms with van der Waals surface area (Å²) in [6, 6.07) is 2.89. The molecule has 3 rings (SSSR count). The van der Waals surface area contributed by atoms with E-state index in [-0.39, 0.29) is 11.1 Å². The van der Waals surface area contributed by atoms with Crippen molar-refractivity contribution in [3.8, 4) is 0 Å². The minimum absolute atomic E-state index is 0.121. The van der Waals surface area contributed by atoms with Crippen molar-refractivity contribution in [2.75, 3.05) is 6.54 Å². The van der Waals surface area contributed by atoms with Crippen LogP contribution in [0.25, 0.3) is 11.0 Å². The summed E-state index contributed by atoms with van der Waals surface area (Å²) in [6.07, 6.45) is 2.06. The fraction of sp³-hybridized carbons (Fsp3) is 0.500. The molecule has 0 spiro atoms. The molecule has 2 aromatic rings. The summed E-state index contributed by atoms with van der Waals surface area (Å²) in [7, 11) is 0. The lowest BCUT2D eigenvalue weighted by Gasteiger charge is -2.36. The molecule has 6 heteroatoms. The van der Waals surface area contributed by atoms with Gasteiger partial charge in [-0.05, 0) is 52.3 Å². The second-order valence-corrected chi connectivity index (χ2v) is 6.46. The van der Waals surface area contributed by atoms with E-state index in [4.69, 9.17) is 5.73 Å². The average molecular weight is 304 g/mol. The number of aromatic nitrogens is 2. The van der Waals surface area contributed by atoms with E-state index in [1.165, 1.54) is 6.07 Å². The number of nitrogens with two attached hydrogens (primary N) is 1. The van der Waals surface area contributed by atoms with Gasteiger partial charge >= 0.3 is 0 Å². The van der Waals surface area contributed by atoms with Crippen LogP contribution in [-0.4, -0.2) is 33.4 Å². The Labute approximate surface area is 128 Å². The van der Waals surface area contributed by atoms with Gasteiger partial charge in [0.2, 0.25) is 0 Å². The SMILES string of the molecule is CC(C)N1CCCC1(C)c1nc2c(C(N)=O)cc(F)cc2[nH]1. The van der Waals surface area contributed by atoms with Gasteiger partial charge in [0.15, 0.2) is 0 Å². The topological polar surface area (TPSA) is 75.0 Å². The van der Waals surface area contributed by atoms with Crippen molar-refractivity contribution in [3.63, 3.8) is 0 Å². The number of hydrogen-bond acceptors (Lipinski definition) is 3. The number of fused-ring (bicyclic) bond motifs is 1. The van der Waals surface area contributed by atoms with Gasteiger partial charge in [0.25, 0.3) is 5.91 Å². The third-order valence-corrected chi connectivity index (χ3v) is 4.65. The van der Waals surface area contributed by atoms with Crippen LogP contribution in [0, 0.1) is 5.82 Å². The lowest BCUT2D eigenvalue weighted by molar-refractivity contribution is 0.100. The largest absolute Gasteiger partial charge is 0.366 e. The van der Waals surface area contributed by atoms with Gasteiger partial charge in [0.1, 0.15) is 17.2 Å². The van der Waals surface area contributed by atoms with Gasteiger partial charge in [0.05, 0.1) is 16.6 Å². The van der Waals surface area contributed by atoms with Gasteiger partial charge in [-0.25, -0.2) is 9.37 Å². The molecule has 1 aliphatic rings. The number of amides is 1. The number of nitrogens with one attached hydrogen (secondary N) is 1. The number of primary amides is 1. The predicted molar refractivity (Wildman–Crippen MR) is 83.0 cm³/mol. The van der Waals surface area contributed by atoms with Crippen molar-refractivity contribution >= 4 is 16.9 Å². The monoisotopic (exact) mass is 304 g/mol. The molecule has 0 bridgehead atoms. The average Bonchev–Trinajstić information content (AvgIpc) is 3.01. The normalized spacial score (nSPS) is 22.8. The highest BCUT2D eigenvalue weighted by atomic mass is 19.1. The standard InChI is InChI=1S/C16H21FN4O/c1-9(2)21-6-4-5-16(21,3)15-19-12-8-10(17)7-11(14(18)22)13(12)20-15/h7-9H,4-6H2,1-3H3,(H2,18,22)(H,19,20). The summed E-state index contributed by atoms with van der Waals surface area (Å²) in [5.74, 6) is -0.393. The third kappa shape index (κ3) is 2.18. The molecule has 1 atom stereocenters. The second-order valence-electron chi connectivity index (χ2n) is 6.46. The minimum atomic E-state index is -0.667. The molecular formula is C16H21FN4O. The number of benzene rings is 1. The smallest absolute Gasteiger partial charge is 0.251 e. The van der Waals surface area contributed by atoms with Crippen LogP contribution in [0.3, 0.4) is 0 Å². The van der Waals surface area contributed by atoms with Crippen molar-refractivity contribution in [1.82, 2.24) is 14.9 Å². The number of H-pyrrole nitrogens is 1. The Hall–Kier alpha value is -1.95. The molecule has 0 aliphatic carbocycles. The van der Waals surface area contributed by atoms with E-state index in [9.17, 15) is 9.18 Å². The van der Waals surface area contributed by atoms with Gasteiger partial charge in [-0.1, -0.05) is 0 Å². The maximum absolute atomic E-state index is 13.7. The molecule has 1 fully saturated rings. The first-order valence-corrected chi connectivity index (χ1v) is 7.59. The van der Waals surface area contributed by atoms with Crippen LogP contribution in [0.5, 0.6) is 0 Å². The van der Waals surface area contributed by atoms with Crippen LogP contribution in [-0.2, 0) is 5.54 Å².